The van der Waals surface area contributed by atoms with Crippen LogP contribution < -0.4 is 0 Å². The van der Waals surface area contributed by atoms with E-state index in [0.29, 0.717) is 6.42 Å². The smallest absolute Gasteiger partial charge is 0.305 e. The third kappa shape index (κ3) is 10.0. The number of fused-ring (bicyclic) bond motifs is 1. The Kier molecular flexibility index (Phi) is 13.8. The highest BCUT2D eigenvalue weighted by atomic mass is 16.7. The number of esters is 5. The fourth-order valence-electron chi connectivity index (χ4n) is 8.71. The van der Waals surface area contributed by atoms with Crippen molar-refractivity contribution in [3.63, 3.8) is 0 Å². The predicted molar refractivity (Wildman–Crippen MR) is 174 cm³/mol. The Bertz CT molecular complexity index is 1250. The van der Waals surface area contributed by atoms with Crippen LogP contribution in [0, 0.1) is 22.7 Å². The third-order valence-corrected chi connectivity index (χ3v) is 10.8. The van der Waals surface area contributed by atoms with Gasteiger partial charge in [-0.1, -0.05) is 25.8 Å². The largest absolute Gasteiger partial charge is 0.462 e. The molecular weight excluding hydrogens is 640 g/mol. The molecule has 13 nitrogen and oxygen atoms in total. The average Bonchev–Trinajstić information content (AvgIpc) is 2.97. The van der Waals surface area contributed by atoms with Gasteiger partial charge in [0.2, 0.25) is 12.4 Å². The highest BCUT2D eigenvalue weighted by Gasteiger charge is 2.60. The Hall–Kier alpha value is -3.03. The van der Waals surface area contributed by atoms with Crippen molar-refractivity contribution in [3.8, 4) is 0 Å². The molecule has 2 saturated carbocycles. The quantitative estimate of drug-likeness (QED) is 0.164. The Morgan fingerprint density at radius 3 is 1.94 bits per heavy atom. The minimum atomic E-state index is -1.48. The van der Waals surface area contributed by atoms with Gasteiger partial charge in [-0.05, 0) is 81.1 Å². The van der Waals surface area contributed by atoms with Crippen LogP contribution in [0.4, 0.5) is 0 Å². The maximum atomic E-state index is 12.3. The van der Waals surface area contributed by atoms with Crippen LogP contribution in [-0.2, 0) is 57.1 Å². The van der Waals surface area contributed by atoms with Gasteiger partial charge in [0.05, 0.1) is 12.2 Å². The zero-order chi connectivity index (χ0) is 36.7. The normalized spacial score (nSPS) is 36.1. The first kappa shape index (κ1) is 40.4. The third-order valence-electron chi connectivity index (χ3n) is 10.8. The first-order valence-corrected chi connectivity index (χ1v) is 17.2. The molecule has 1 saturated heterocycles. The van der Waals surface area contributed by atoms with E-state index >= 15 is 0 Å². The molecule has 0 amide bonds. The van der Waals surface area contributed by atoms with Crippen molar-refractivity contribution in [2.24, 2.45) is 22.7 Å². The van der Waals surface area contributed by atoms with E-state index in [4.69, 9.17) is 33.2 Å². The Balaban J connectivity index is 1.99. The lowest BCUT2D eigenvalue weighted by molar-refractivity contribution is -0.308. The van der Waals surface area contributed by atoms with Crippen molar-refractivity contribution < 1.29 is 62.2 Å². The second-order valence-corrected chi connectivity index (χ2v) is 14.7. The van der Waals surface area contributed by atoms with Gasteiger partial charge in [0.15, 0.2) is 12.2 Å². The van der Waals surface area contributed by atoms with Crippen LogP contribution in [0.1, 0.15) is 107 Å². The van der Waals surface area contributed by atoms with Gasteiger partial charge in [-0.3, -0.25) is 24.0 Å². The molecule has 2 unspecified atom stereocenters. The summed E-state index contributed by atoms with van der Waals surface area (Å²) >= 11 is 0. The highest BCUT2D eigenvalue weighted by molar-refractivity contribution is 5.69. The molecule has 0 bridgehead atoms. The van der Waals surface area contributed by atoms with E-state index in [0.717, 1.165) is 64.9 Å². The second kappa shape index (κ2) is 16.8. The highest BCUT2D eigenvalue weighted by Crippen LogP contribution is 2.63. The topological polar surface area (TPSA) is 170 Å². The SMILES string of the molecule is CC(=O)OC/C=C(\C)CC[C@H]1[C@](C)(OC[C@H]2OC(OC(C)=O)[C@H](OC(C)=O)[C@@H](OC(C)=O)[C@@H]2OC(C)=O)CCC2[C@](C)(CO)CCC[C@@]21C. The van der Waals surface area contributed by atoms with E-state index in [1.807, 2.05) is 13.0 Å². The summed E-state index contributed by atoms with van der Waals surface area (Å²) in [6.07, 6.45) is 1.16. The monoisotopic (exact) mass is 696 g/mol. The van der Waals surface area contributed by atoms with Crippen molar-refractivity contribution in [2.75, 3.05) is 19.8 Å². The zero-order valence-electron chi connectivity index (χ0n) is 30.5. The summed E-state index contributed by atoms with van der Waals surface area (Å²) in [6, 6.07) is 0. The summed E-state index contributed by atoms with van der Waals surface area (Å²) in [7, 11) is 0. The minimum Gasteiger partial charge on any atom is -0.462 e. The molecule has 1 aliphatic heterocycles. The molecule has 1 heterocycles. The fraction of sp³-hybridized carbons (Fsp3) is 0.806. The van der Waals surface area contributed by atoms with Gasteiger partial charge in [-0.25, -0.2) is 0 Å². The van der Waals surface area contributed by atoms with Gasteiger partial charge in [0.25, 0.3) is 0 Å². The van der Waals surface area contributed by atoms with E-state index in [1.54, 1.807) is 0 Å². The molecule has 1 N–H and O–H groups in total. The van der Waals surface area contributed by atoms with Gasteiger partial charge in [0.1, 0.15) is 12.7 Å². The van der Waals surface area contributed by atoms with E-state index in [-0.39, 0.29) is 48.5 Å². The van der Waals surface area contributed by atoms with Gasteiger partial charge in [-0.15, -0.1) is 0 Å². The number of hydrogen-bond donors (Lipinski definition) is 1. The van der Waals surface area contributed by atoms with E-state index in [9.17, 15) is 29.1 Å². The minimum absolute atomic E-state index is 0.0140. The molecule has 0 spiro atoms. The van der Waals surface area contributed by atoms with Crippen molar-refractivity contribution in [1.82, 2.24) is 0 Å². The molecule has 278 valence electrons. The average molecular weight is 697 g/mol. The zero-order valence-corrected chi connectivity index (χ0v) is 30.5. The first-order chi connectivity index (χ1) is 22.8. The summed E-state index contributed by atoms with van der Waals surface area (Å²) in [6.45, 7) is 14.7. The lowest BCUT2D eigenvalue weighted by atomic mass is 9.44. The molecule has 3 rings (SSSR count). The molecule has 10 atom stereocenters. The van der Waals surface area contributed by atoms with Crippen molar-refractivity contribution in [3.05, 3.63) is 11.6 Å². The van der Waals surface area contributed by atoms with Crippen LogP contribution >= 0.6 is 0 Å². The summed E-state index contributed by atoms with van der Waals surface area (Å²) < 4.78 is 40.1. The second-order valence-electron chi connectivity index (χ2n) is 14.7. The summed E-state index contributed by atoms with van der Waals surface area (Å²) in [5, 5.41) is 10.6. The summed E-state index contributed by atoms with van der Waals surface area (Å²) in [5.74, 6) is -2.99. The van der Waals surface area contributed by atoms with E-state index < -0.39 is 60.2 Å². The summed E-state index contributed by atoms with van der Waals surface area (Å²) in [5.41, 5.74) is -0.0620. The maximum absolute atomic E-state index is 12.3. The van der Waals surface area contributed by atoms with E-state index in [1.165, 1.54) is 13.8 Å². The van der Waals surface area contributed by atoms with Gasteiger partial charge in [0, 0.05) is 41.2 Å². The van der Waals surface area contributed by atoms with Crippen LogP contribution in [0.2, 0.25) is 0 Å². The number of rotatable bonds is 13. The molecule has 0 aromatic heterocycles. The van der Waals surface area contributed by atoms with Crippen LogP contribution in [0.5, 0.6) is 0 Å². The van der Waals surface area contributed by atoms with Gasteiger partial charge in [-0.2, -0.15) is 0 Å². The molecular formula is C36H56O13. The van der Waals surface area contributed by atoms with E-state index in [2.05, 4.69) is 20.8 Å². The van der Waals surface area contributed by atoms with Crippen LogP contribution in [0.3, 0.4) is 0 Å². The molecule has 13 heteroatoms. The number of carbonyl (C=O) groups excluding carboxylic acids is 5. The van der Waals surface area contributed by atoms with Gasteiger partial charge < -0.3 is 38.3 Å². The number of ether oxygens (including phenoxy) is 7. The molecule has 0 radical (unpaired) electrons. The van der Waals surface area contributed by atoms with Crippen molar-refractivity contribution in [2.45, 2.75) is 144 Å². The lowest BCUT2D eigenvalue weighted by Gasteiger charge is -2.62. The number of hydrogen-bond acceptors (Lipinski definition) is 13. The lowest BCUT2D eigenvalue weighted by Crippen LogP contribution is -2.64. The molecule has 0 aromatic rings. The molecule has 3 aliphatic rings. The Morgan fingerprint density at radius 1 is 0.776 bits per heavy atom. The van der Waals surface area contributed by atoms with Crippen LogP contribution in [0.15, 0.2) is 11.6 Å². The Morgan fingerprint density at radius 2 is 1.37 bits per heavy atom. The predicted octanol–water partition coefficient (Wildman–Crippen LogP) is 4.35. The number of carbonyl (C=O) groups is 5. The maximum Gasteiger partial charge on any atom is 0.305 e. The van der Waals surface area contributed by atoms with Crippen molar-refractivity contribution >= 4 is 29.8 Å². The van der Waals surface area contributed by atoms with Crippen LogP contribution in [-0.4, -0.2) is 91.1 Å². The number of aliphatic hydroxyl groups is 1. The fourth-order valence-corrected chi connectivity index (χ4v) is 8.71. The Labute approximate surface area is 289 Å². The van der Waals surface area contributed by atoms with Crippen LogP contribution in [0.25, 0.3) is 0 Å². The number of aliphatic hydroxyl groups excluding tert-OH is 1. The first-order valence-electron chi connectivity index (χ1n) is 17.2. The van der Waals surface area contributed by atoms with Crippen molar-refractivity contribution in [1.29, 1.82) is 0 Å². The molecule has 49 heavy (non-hydrogen) atoms. The number of allylic oxidation sites excluding steroid dienone is 1. The standard InChI is InChI=1S/C36H56O13/c1-21(14-18-43-22(2)38)11-12-29-35(8)16-10-15-34(7,20-37)28(35)13-17-36(29,9)44-19-27-30(45-23(3)39)31(46-24(4)40)32(47-25(5)41)33(49-27)48-26(6)42/h14,27-33,37H,10-13,15-20H2,1-9H3/b21-14+/t27-,28?,29-,30-,31+,32-,33?,34+,35+,36-/m1/s1. The summed E-state index contributed by atoms with van der Waals surface area (Å²) in [4.78, 5) is 60.1. The molecule has 0 aromatic carbocycles. The molecule has 2 aliphatic carbocycles. The molecule has 3 fully saturated rings. The van der Waals surface area contributed by atoms with Gasteiger partial charge >= 0.3 is 29.8 Å².